The van der Waals surface area contributed by atoms with E-state index in [4.69, 9.17) is 10.5 Å². The van der Waals surface area contributed by atoms with Crippen molar-refractivity contribution in [2.45, 2.75) is 32.2 Å². The van der Waals surface area contributed by atoms with Crippen LogP contribution in [0.1, 0.15) is 24.0 Å². The minimum Gasteiger partial charge on any atom is -0.381 e. The number of nitrogens with one attached hydrogen (secondary N) is 1. The predicted octanol–water partition coefficient (Wildman–Crippen LogP) is 1.41. The molecule has 1 heterocycles. The Labute approximate surface area is 120 Å². The SMILES string of the molecule is Cc1cccc(CCNC(=O)C(N)C2CCOCC2)c1. The standard InChI is InChI=1S/C16H24N2O2/c1-12-3-2-4-13(11-12)5-8-18-16(19)15(17)14-6-9-20-10-7-14/h2-4,11,14-15H,5-10,17H2,1H3,(H,18,19). The lowest BCUT2D eigenvalue weighted by molar-refractivity contribution is -0.124. The minimum absolute atomic E-state index is 0.0375. The van der Waals surface area contributed by atoms with Crippen molar-refractivity contribution >= 4 is 5.91 Å². The van der Waals surface area contributed by atoms with Crippen LogP contribution in [-0.4, -0.2) is 31.7 Å². The van der Waals surface area contributed by atoms with Gasteiger partial charge in [-0.3, -0.25) is 4.79 Å². The van der Waals surface area contributed by atoms with Crippen LogP contribution in [0.15, 0.2) is 24.3 Å². The lowest BCUT2D eigenvalue weighted by Gasteiger charge is -2.26. The summed E-state index contributed by atoms with van der Waals surface area (Å²) in [5, 5.41) is 2.94. The first-order chi connectivity index (χ1) is 9.66. The molecular formula is C16H24N2O2. The number of aryl methyl sites for hydroxylation is 1. The van der Waals surface area contributed by atoms with E-state index in [-0.39, 0.29) is 11.8 Å². The number of amides is 1. The van der Waals surface area contributed by atoms with Crippen LogP contribution in [0, 0.1) is 12.8 Å². The van der Waals surface area contributed by atoms with E-state index in [0.29, 0.717) is 6.54 Å². The highest BCUT2D eigenvalue weighted by Crippen LogP contribution is 2.17. The van der Waals surface area contributed by atoms with E-state index in [1.165, 1.54) is 11.1 Å². The van der Waals surface area contributed by atoms with Crippen LogP contribution < -0.4 is 11.1 Å². The summed E-state index contributed by atoms with van der Waals surface area (Å²) >= 11 is 0. The molecule has 110 valence electrons. The topological polar surface area (TPSA) is 64.4 Å². The summed E-state index contributed by atoms with van der Waals surface area (Å²) in [7, 11) is 0. The number of hydrogen-bond donors (Lipinski definition) is 2. The average Bonchev–Trinajstić information content (AvgIpc) is 2.47. The number of carbonyl (C=O) groups excluding carboxylic acids is 1. The molecule has 0 bridgehead atoms. The van der Waals surface area contributed by atoms with Gasteiger partial charge in [0.2, 0.25) is 5.91 Å². The third-order valence-electron chi connectivity index (χ3n) is 3.87. The number of ether oxygens (including phenoxy) is 1. The van der Waals surface area contributed by atoms with Crippen molar-refractivity contribution in [2.75, 3.05) is 19.8 Å². The van der Waals surface area contributed by atoms with Gasteiger partial charge >= 0.3 is 0 Å². The van der Waals surface area contributed by atoms with Crippen molar-refractivity contribution in [2.24, 2.45) is 11.7 Å². The lowest BCUT2D eigenvalue weighted by Crippen LogP contribution is -2.47. The third-order valence-corrected chi connectivity index (χ3v) is 3.87. The van der Waals surface area contributed by atoms with Crippen molar-refractivity contribution in [1.82, 2.24) is 5.32 Å². The van der Waals surface area contributed by atoms with E-state index < -0.39 is 6.04 Å². The van der Waals surface area contributed by atoms with Crippen molar-refractivity contribution in [3.05, 3.63) is 35.4 Å². The first-order valence-corrected chi connectivity index (χ1v) is 7.33. The fraction of sp³-hybridized carbons (Fsp3) is 0.562. The number of carbonyl (C=O) groups is 1. The molecule has 3 N–H and O–H groups in total. The normalized spacial score (nSPS) is 17.7. The average molecular weight is 276 g/mol. The van der Waals surface area contributed by atoms with Crippen molar-refractivity contribution in [1.29, 1.82) is 0 Å². The number of hydrogen-bond acceptors (Lipinski definition) is 3. The Bertz CT molecular complexity index is 442. The molecule has 0 radical (unpaired) electrons. The molecule has 1 atom stereocenters. The fourth-order valence-electron chi connectivity index (χ4n) is 2.60. The minimum atomic E-state index is -0.406. The molecule has 1 amide bonds. The van der Waals surface area contributed by atoms with E-state index in [2.05, 4.69) is 30.4 Å². The quantitative estimate of drug-likeness (QED) is 0.854. The molecule has 0 spiro atoms. The summed E-state index contributed by atoms with van der Waals surface area (Å²) in [5.41, 5.74) is 8.51. The predicted molar refractivity (Wildman–Crippen MR) is 79.4 cm³/mol. The molecule has 0 aromatic heterocycles. The molecule has 0 aliphatic carbocycles. The van der Waals surface area contributed by atoms with Crippen molar-refractivity contribution < 1.29 is 9.53 Å². The molecule has 1 unspecified atom stereocenters. The molecule has 4 heteroatoms. The molecule has 1 aromatic rings. The molecule has 2 rings (SSSR count). The van der Waals surface area contributed by atoms with E-state index in [1.54, 1.807) is 0 Å². The molecular weight excluding hydrogens is 252 g/mol. The highest BCUT2D eigenvalue weighted by molar-refractivity contribution is 5.81. The number of benzene rings is 1. The summed E-state index contributed by atoms with van der Waals surface area (Å²) < 4.78 is 5.29. The second-order valence-electron chi connectivity index (χ2n) is 5.51. The Kier molecular flexibility index (Phi) is 5.56. The first kappa shape index (κ1) is 15.0. The van der Waals surface area contributed by atoms with Gasteiger partial charge in [-0.1, -0.05) is 29.8 Å². The van der Waals surface area contributed by atoms with Crippen molar-refractivity contribution in [3.8, 4) is 0 Å². The highest BCUT2D eigenvalue weighted by Gasteiger charge is 2.26. The van der Waals surface area contributed by atoms with Crippen LogP contribution in [0.25, 0.3) is 0 Å². The Morgan fingerprint density at radius 3 is 2.90 bits per heavy atom. The second kappa shape index (κ2) is 7.41. The van der Waals surface area contributed by atoms with Gasteiger partial charge in [0, 0.05) is 19.8 Å². The zero-order valence-corrected chi connectivity index (χ0v) is 12.1. The molecule has 1 fully saturated rings. The lowest BCUT2D eigenvalue weighted by atomic mass is 9.92. The van der Waals surface area contributed by atoms with Gasteiger partial charge in [-0.25, -0.2) is 0 Å². The Morgan fingerprint density at radius 2 is 2.20 bits per heavy atom. The first-order valence-electron chi connectivity index (χ1n) is 7.33. The summed E-state index contributed by atoms with van der Waals surface area (Å²) in [4.78, 5) is 12.0. The maximum absolute atomic E-state index is 12.0. The molecule has 0 saturated carbocycles. The van der Waals surface area contributed by atoms with Crippen molar-refractivity contribution in [3.63, 3.8) is 0 Å². The molecule has 4 nitrogen and oxygen atoms in total. The zero-order chi connectivity index (χ0) is 14.4. The molecule has 20 heavy (non-hydrogen) atoms. The van der Waals surface area contributed by atoms with Gasteiger partial charge in [0.25, 0.3) is 0 Å². The molecule has 1 aromatic carbocycles. The van der Waals surface area contributed by atoms with Gasteiger partial charge < -0.3 is 15.8 Å². The van der Waals surface area contributed by atoms with E-state index in [0.717, 1.165) is 32.5 Å². The van der Waals surface area contributed by atoms with Crippen LogP contribution in [0.3, 0.4) is 0 Å². The van der Waals surface area contributed by atoms with Crippen LogP contribution in [0.2, 0.25) is 0 Å². The fourth-order valence-corrected chi connectivity index (χ4v) is 2.60. The maximum Gasteiger partial charge on any atom is 0.237 e. The van der Waals surface area contributed by atoms with Gasteiger partial charge in [-0.2, -0.15) is 0 Å². The van der Waals surface area contributed by atoms with Gasteiger partial charge in [0.05, 0.1) is 6.04 Å². The summed E-state index contributed by atoms with van der Waals surface area (Å²) in [6.07, 6.45) is 2.60. The van der Waals surface area contributed by atoms with E-state index in [9.17, 15) is 4.79 Å². The summed E-state index contributed by atoms with van der Waals surface area (Å²) in [6.45, 7) is 4.15. The smallest absolute Gasteiger partial charge is 0.237 e. The van der Waals surface area contributed by atoms with Crippen LogP contribution in [-0.2, 0) is 16.0 Å². The Hall–Kier alpha value is -1.39. The highest BCUT2D eigenvalue weighted by atomic mass is 16.5. The van der Waals surface area contributed by atoms with Crippen LogP contribution in [0.4, 0.5) is 0 Å². The monoisotopic (exact) mass is 276 g/mol. The zero-order valence-electron chi connectivity index (χ0n) is 12.1. The third kappa shape index (κ3) is 4.32. The number of rotatable bonds is 5. The van der Waals surface area contributed by atoms with Crippen LogP contribution in [0.5, 0.6) is 0 Å². The van der Waals surface area contributed by atoms with E-state index >= 15 is 0 Å². The maximum atomic E-state index is 12.0. The van der Waals surface area contributed by atoms with Crippen LogP contribution >= 0.6 is 0 Å². The van der Waals surface area contributed by atoms with Gasteiger partial charge in [0.15, 0.2) is 0 Å². The molecule has 1 aliphatic rings. The van der Waals surface area contributed by atoms with E-state index in [1.807, 2.05) is 6.07 Å². The number of nitrogens with two attached hydrogens (primary N) is 1. The van der Waals surface area contributed by atoms with Gasteiger partial charge in [-0.15, -0.1) is 0 Å². The largest absolute Gasteiger partial charge is 0.381 e. The molecule has 1 saturated heterocycles. The van der Waals surface area contributed by atoms with Gasteiger partial charge in [-0.05, 0) is 37.7 Å². The summed E-state index contributed by atoms with van der Waals surface area (Å²) in [5.74, 6) is 0.215. The second-order valence-corrected chi connectivity index (χ2v) is 5.51. The summed E-state index contributed by atoms with van der Waals surface area (Å²) in [6, 6.07) is 7.93. The Balaban J connectivity index is 1.74. The van der Waals surface area contributed by atoms with Gasteiger partial charge in [0.1, 0.15) is 0 Å². The Morgan fingerprint density at radius 1 is 1.45 bits per heavy atom. The molecule has 1 aliphatic heterocycles.